The normalized spacial score (nSPS) is 10.8. The Morgan fingerprint density at radius 2 is 1.73 bits per heavy atom. The van der Waals surface area contributed by atoms with Gasteiger partial charge in [0.25, 0.3) is 0 Å². The number of rotatable bonds is 12. The van der Waals surface area contributed by atoms with Gasteiger partial charge in [0.1, 0.15) is 12.4 Å². The predicted molar refractivity (Wildman–Crippen MR) is 152 cm³/mol. The van der Waals surface area contributed by atoms with Crippen molar-refractivity contribution in [2.45, 2.75) is 59.6 Å². The van der Waals surface area contributed by atoms with Crippen molar-refractivity contribution in [2.24, 2.45) is 0 Å². The van der Waals surface area contributed by atoms with Crippen molar-refractivity contribution in [1.82, 2.24) is 20.6 Å². The molecular weight excluding hydrogens is 506 g/mol. The summed E-state index contributed by atoms with van der Waals surface area (Å²) in [7, 11) is 0. The van der Waals surface area contributed by atoms with Gasteiger partial charge in [-0.15, -0.1) is 5.10 Å². The van der Waals surface area contributed by atoms with E-state index in [9.17, 15) is 14.4 Å². The third-order valence-electron chi connectivity index (χ3n) is 6.54. The molecule has 0 saturated heterocycles. The van der Waals surface area contributed by atoms with Crippen LogP contribution in [-0.4, -0.2) is 38.3 Å². The van der Waals surface area contributed by atoms with Crippen molar-refractivity contribution in [3.63, 3.8) is 0 Å². The highest BCUT2D eigenvalue weighted by Crippen LogP contribution is 2.33. The second-order valence-corrected chi connectivity index (χ2v) is 9.67. The first-order valence-corrected chi connectivity index (χ1v) is 13.3. The zero-order valence-electron chi connectivity index (χ0n) is 23.0. The molecule has 1 aromatic heterocycles. The molecule has 0 unspecified atom stereocenters. The standard InChI is InChI=1S/C31H33N5O4/c1-4-9-29(39)40-20-25-13-8-10-21(2)30(25)36(28(38)17-14-22(3)37)19-23-15-16-26(24-11-6-5-7-12-24)27(18-23)31-32-34-35-33-31/h5-8,10-13,15-16,18H,4,9,14,17,19-20H2,1-3H3,(H,32,33,34,35). The second kappa shape index (κ2) is 13.4. The zero-order valence-corrected chi connectivity index (χ0v) is 23.0. The fraction of sp³-hybridized carbons (Fsp3) is 0.290. The highest BCUT2D eigenvalue weighted by atomic mass is 16.5. The minimum absolute atomic E-state index is 0.0499. The largest absolute Gasteiger partial charge is 0.461 e. The number of benzene rings is 3. The number of hydrogen-bond acceptors (Lipinski definition) is 7. The molecular formula is C31H33N5O4. The third-order valence-corrected chi connectivity index (χ3v) is 6.54. The van der Waals surface area contributed by atoms with Gasteiger partial charge in [0.15, 0.2) is 5.82 Å². The average Bonchev–Trinajstić information content (AvgIpc) is 3.49. The fourth-order valence-corrected chi connectivity index (χ4v) is 4.58. The number of carbonyl (C=O) groups excluding carboxylic acids is 3. The molecule has 0 spiro atoms. The Hall–Kier alpha value is -4.66. The lowest BCUT2D eigenvalue weighted by molar-refractivity contribution is -0.145. The monoisotopic (exact) mass is 539 g/mol. The van der Waals surface area contributed by atoms with Crippen LogP contribution < -0.4 is 4.90 Å². The van der Waals surface area contributed by atoms with E-state index in [1.807, 2.05) is 80.6 Å². The SMILES string of the molecule is CCCC(=O)OCc1cccc(C)c1N(Cc1ccc(-c2ccccc2)c(-c2nnn[nH]2)c1)C(=O)CCC(C)=O. The molecule has 0 fully saturated rings. The van der Waals surface area contributed by atoms with Gasteiger partial charge in [-0.25, -0.2) is 5.10 Å². The summed E-state index contributed by atoms with van der Waals surface area (Å²) in [6.45, 7) is 5.60. The number of nitrogens with zero attached hydrogens (tertiary/aromatic N) is 4. The first-order valence-electron chi connectivity index (χ1n) is 13.3. The van der Waals surface area contributed by atoms with E-state index in [0.717, 1.165) is 33.4 Å². The van der Waals surface area contributed by atoms with Crippen molar-refractivity contribution in [1.29, 1.82) is 0 Å². The van der Waals surface area contributed by atoms with Crippen LogP contribution in [0.4, 0.5) is 5.69 Å². The summed E-state index contributed by atoms with van der Waals surface area (Å²) in [5.41, 5.74) is 5.85. The third kappa shape index (κ3) is 7.05. The number of aromatic nitrogens is 4. The van der Waals surface area contributed by atoms with Crippen molar-refractivity contribution >= 4 is 23.3 Å². The van der Waals surface area contributed by atoms with Crippen LogP contribution in [0.2, 0.25) is 0 Å². The first kappa shape index (κ1) is 28.4. The average molecular weight is 540 g/mol. The molecule has 4 rings (SSSR count). The van der Waals surface area contributed by atoms with Crippen molar-refractivity contribution < 1.29 is 19.1 Å². The molecule has 0 aliphatic heterocycles. The lowest BCUT2D eigenvalue weighted by Crippen LogP contribution is -2.32. The van der Waals surface area contributed by atoms with E-state index in [-0.39, 0.29) is 43.7 Å². The summed E-state index contributed by atoms with van der Waals surface area (Å²) >= 11 is 0. The molecule has 9 nitrogen and oxygen atoms in total. The fourth-order valence-electron chi connectivity index (χ4n) is 4.58. The molecule has 1 heterocycles. The molecule has 1 amide bonds. The van der Waals surface area contributed by atoms with Gasteiger partial charge in [-0.3, -0.25) is 9.59 Å². The molecule has 0 aliphatic rings. The zero-order chi connectivity index (χ0) is 28.5. The van der Waals surface area contributed by atoms with Crippen LogP contribution in [0.15, 0.2) is 66.7 Å². The van der Waals surface area contributed by atoms with Crippen molar-refractivity contribution in [3.05, 3.63) is 83.4 Å². The molecule has 3 aromatic carbocycles. The topological polar surface area (TPSA) is 118 Å². The summed E-state index contributed by atoms with van der Waals surface area (Å²) in [5, 5.41) is 14.5. The number of para-hydroxylation sites is 1. The van der Waals surface area contributed by atoms with Crippen LogP contribution in [0.25, 0.3) is 22.5 Å². The smallest absolute Gasteiger partial charge is 0.306 e. The number of aryl methyl sites for hydroxylation is 1. The number of esters is 1. The van der Waals surface area contributed by atoms with Gasteiger partial charge < -0.3 is 14.4 Å². The minimum atomic E-state index is -0.286. The first-order chi connectivity index (χ1) is 19.4. The van der Waals surface area contributed by atoms with Crippen LogP contribution in [-0.2, 0) is 32.3 Å². The van der Waals surface area contributed by atoms with E-state index in [1.165, 1.54) is 6.92 Å². The molecule has 9 heteroatoms. The van der Waals surface area contributed by atoms with Gasteiger partial charge >= 0.3 is 5.97 Å². The summed E-state index contributed by atoms with van der Waals surface area (Å²) in [6, 6.07) is 21.5. The number of ketones is 1. The van der Waals surface area contributed by atoms with E-state index >= 15 is 0 Å². The van der Waals surface area contributed by atoms with Gasteiger partial charge in [0.2, 0.25) is 5.91 Å². The molecule has 0 saturated carbocycles. The number of Topliss-reactive ketones (excluding diaryl/α,β-unsaturated/α-hetero) is 1. The maximum Gasteiger partial charge on any atom is 0.306 e. The van der Waals surface area contributed by atoms with Crippen LogP contribution in [0.3, 0.4) is 0 Å². The predicted octanol–water partition coefficient (Wildman–Crippen LogP) is 5.59. The Bertz CT molecular complexity index is 1470. The quantitative estimate of drug-likeness (QED) is 0.233. The van der Waals surface area contributed by atoms with Crippen LogP contribution >= 0.6 is 0 Å². The number of nitrogens with one attached hydrogen (secondary N) is 1. The number of hydrogen-bond donors (Lipinski definition) is 1. The van der Waals surface area contributed by atoms with Crippen molar-refractivity contribution in [3.8, 4) is 22.5 Å². The molecule has 1 N–H and O–H groups in total. The Morgan fingerprint density at radius 3 is 2.42 bits per heavy atom. The molecule has 0 bridgehead atoms. The molecule has 0 atom stereocenters. The molecule has 0 radical (unpaired) electrons. The van der Waals surface area contributed by atoms with E-state index in [0.29, 0.717) is 24.4 Å². The number of tetrazole rings is 1. The minimum Gasteiger partial charge on any atom is -0.461 e. The van der Waals surface area contributed by atoms with E-state index in [2.05, 4.69) is 20.6 Å². The van der Waals surface area contributed by atoms with Crippen LogP contribution in [0.5, 0.6) is 0 Å². The summed E-state index contributed by atoms with van der Waals surface area (Å²) in [6.07, 6.45) is 1.23. The Kier molecular flexibility index (Phi) is 9.51. The molecule has 4 aromatic rings. The molecule has 206 valence electrons. The van der Waals surface area contributed by atoms with Gasteiger partial charge in [-0.2, -0.15) is 0 Å². The number of aromatic amines is 1. The lowest BCUT2D eigenvalue weighted by Gasteiger charge is -2.28. The summed E-state index contributed by atoms with van der Waals surface area (Å²) < 4.78 is 5.52. The number of ether oxygens (including phenoxy) is 1. The number of anilines is 1. The molecule has 0 aliphatic carbocycles. The van der Waals surface area contributed by atoms with Gasteiger partial charge in [0, 0.05) is 30.4 Å². The van der Waals surface area contributed by atoms with E-state index in [1.54, 1.807) is 4.90 Å². The van der Waals surface area contributed by atoms with E-state index in [4.69, 9.17) is 4.74 Å². The lowest BCUT2D eigenvalue weighted by atomic mass is 9.96. The number of carbonyl (C=O) groups is 3. The van der Waals surface area contributed by atoms with Gasteiger partial charge in [0.05, 0.1) is 12.2 Å². The maximum absolute atomic E-state index is 13.6. The summed E-state index contributed by atoms with van der Waals surface area (Å²) in [5.74, 6) is -0.0272. The van der Waals surface area contributed by atoms with Crippen LogP contribution in [0, 0.1) is 6.92 Å². The van der Waals surface area contributed by atoms with E-state index < -0.39 is 0 Å². The highest BCUT2D eigenvalue weighted by molar-refractivity contribution is 5.97. The number of H-pyrrole nitrogens is 1. The second-order valence-electron chi connectivity index (χ2n) is 9.67. The van der Waals surface area contributed by atoms with Gasteiger partial charge in [-0.1, -0.05) is 67.6 Å². The van der Waals surface area contributed by atoms with Crippen molar-refractivity contribution in [2.75, 3.05) is 4.90 Å². The summed E-state index contributed by atoms with van der Waals surface area (Å²) in [4.78, 5) is 39.2. The Morgan fingerprint density at radius 1 is 0.925 bits per heavy atom. The Balaban J connectivity index is 1.75. The Labute approximate surface area is 233 Å². The van der Waals surface area contributed by atoms with Crippen LogP contribution in [0.1, 0.15) is 56.2 Å². The van der Waals surface area contributed by atoms with Gasteiger partial charge in [-0.05, 0) is 59.0 Å². The maximum atomic E-state index is 13.6. The number of amides is 1. The highest BCUT2D eigenvalue weighted by Gasteiger charge is 2.23. The molecule has 40 heavy (non-hydrogen) atoms.